The number of hydrogen-bond donors (Lipinski definition) is 1. The second-order valence-corrected chi connectivity index (χ2v) is 5.16. The van der Waals surface area contributed by atoms with Crippen molar-refractivity contribution in [3.8, 4) is 0 Å². The van der Waals surface area contributed by atoms with Gasteiger partial charge in [0, 0.05) is 6.04 Å². The first-order valence-electron chi connectivity index (χ1n) is 6.09. The first-order valence-corrected chi connectivity index (χ1v) is 6.52. The number of hydrogen-bond acceptors (Lipinski definition) is 1. The lowest BCUT2D eigenvalue weighted by Gasteiger charge is -2.27. The number of amides is 1. The molecule has 1 aliphatic rings. The van der Waals surface area contributed by atoms with Crippen LogP contribution in [-0.2, 0) is 0 Å². The summed E-state index contributed by atoms with van der Waals surface area (Å²) in [5.41, 5.74) is -0.506. The van der Waals surface area contributed by atoms with E-state index < -0.39 is 28.9 Å². The average Bonchev–Trinajstić information content (AvgIpc) is 2.39. The van der Waals surface area contributed by atoms with Crippen LogP contribution in [0, 0.1) is 17.5 Å². The van der Waals surface area contributed by atoms with Crippen molar-refractivity contribution in [1.82, 2.24) is 5.32 Å². The smallest absolute Gasteiger partial charge is 0.254 e. The predicted molar refractivity (Wildman–Crippen MR) is 65.7 cm³/mol. The molecule has 104 valence electrons. The SMILES string of the molecule is O=C(NC1CCCCC1Cl)c1ccc(F)c(F)c1F. The molecule has 2 atom stereocenters. The highest BCUT2D eigenvalue weighted by molar-refractivity contribution is 6.21. The maximum Gasteiger partial charge on any atom is 0.254 e. The predicted octanol–water partition coefficient (Wildman–Crippen LogP) is 3.38. The topological polar surface area (TPSA) is 29.1 Å². The lowest BCUT2D eigenvalue weighted by molar-refractivity contribution is 0.0923. The van der Waals surface area contributed by atoms with E-state index in [4.69, 9.17) is 11.6 Å². The Bertz CT molecular complexity index is 495. The van der Waals surface area contributed by atoms with E-state index >= 15 is 0 Å². The van der Waals surface area contributed by atoms with Gasteiger partial charge in [0.05, 0.1) is 10.9 Å². The van der Waals surface area contributed by atoms with Crippen LogP contribution in [0.2, 0.25) is 0 Å². The van der Waals surface area contributed by atoms with Crippen molar-refractivity contribution in [2.45, 2.75) is 37.1 Å². The van der Waals surface area contributed by atoms with E-state index in [1.165, 1.54) is 0 Å². The Hall–Kier alpha value is -1.23. The number of halogens is 4. The number of carbonyl (C=O) groups is 1. The van der Waals surface area contributed by atoms with Crippen LogP contribution in [-0.4, -0.2) is 17.3 Å². The fourth-order valence-corrected chi connectivity index (χ4v) is 2.54. The Morgan fingerprint density at radius 1 is 1.16 bits per heavy atom. The molecule has 6 heteroatoms. The highest BCUT2D eigenvalue weighted by Gasteiger charge is 2.27. The highest BCUT2D eigenvalue weighted by Crippen LogP contribution is 2.24. The number of carbonyl (C=O) groups excluding carboxylic acids is 1. The highest BCUT2D eigenvalue weighted by atomic mass is 35.5. The van der Waals surface area contributed by atoms with Crippen LogP contribution in [0.4, 0.5) is 13.2 Å². The van der Waals surface area contributed by atoms with Crippen LogP contribution in [0.5, 0.6) is 0 Å². The third-order valence-corrected chi connectivity index (χ3v) is 3.80. The van der Waals surface area contributed by atoms with E-state index in [1.807, 2.05) is 0 Å². The lowest BCUT2D eigenvalue weighted by atomic mass is 9.94. The number of rotatable bonds is 2. The Kier molecular flexibility index (Phi) is 4.34. The second-order valence-electron chi connectivity index (χ2n) is 4.60. The Morgan fingerprint density at radius 3 is 2.53 bits per heavy atom. The summed E-state index contributed by atoms with van der Waals surface area (Å²) >= 11 is 6.07. The molecule has 0 spiro atoms. The van der Waals surface area contributed by atoms with Gasteiger partial charge in [0.15, 0.2) is 17.5 Å². The largest absolute Gasteiger partial charge is 0.348 e. The minimum Gasteiger partial charge on any atom is -0.348 e. The van der Waals surface area contributed by atoms with E-state index in [0.717, 1.165) is 31.4 Å². The van der Waals surface area contributed by atoms with Gasteiger partial charge < -0.3 is 5.32 Å². The summed E-state index contributed by atoms with van der Waals surface area (Å²) in [4.78, 5) is 11.8. The lowest BCUT2D eigenvalue weighted by Crippen LogP contribution is -2.43. The third kappa shape index (κ3) is 3.03. The molecule has 2 nitrogen and oxygen atoms in total. The van der Waals surface area contributed by atoms with Gasteiger partial charge in [-0.25, -0.2) is 13.2 Å². The van der Waals surface area contributed by atoms with Crippen LogP contribution in [0.15, 0.2) is 12.1 Å². The zero-order chi connectivity index (χ0) is 14.0. The van der Waals surface area contributed by atoms with E-state index in [-0.39, 0.29) is 11.4 Å². The van der Waals surface area contributed by atoms with E-state index in [9.17, 15) is 18.0 Å². The van der Waals surface area contributed by atoms with Gasteiger partial charge in [-0.1, -0.05) is 12.8 Å². The maximum atomic E-state index is 13.5. The summed E-state index contributed by atoms with van der Waals surface area (Å²) < 4.78 is 39.3. The minimum absolute atomic E-state index is 0.217. The van der Waals surface area contributed by atoms with Crippen molar-refractivity contribution in [3.05, 3.63) is 35.1 Å². The van der Waals surface area contributed by atoms with Crippen molar-refractivity contribution >= 4 is 17.5 Å². The van der Waals surface area contributed by atoms with Gasteiger partial charge in [-0.2, -0.15) is 0 Å². The maximum absolute atomic E-state index is 13.5. The summed E-state index contributed by atoms with van der Waals surface area (Å²) in [5, 5.41) is 2.36. The molecular weight excluding hydrogens is 279 g/mol. The summed E-state index contributed by atoms with van der Waals surface area (Å²) in [6.45, 7) is 0. The van der Waals surface area contributed by atoms with Crippen molar-refractivity contribution in [1.29, 1.82) is 0 Å². The van der Waals surface area contributed by atoms with Crippen LogP contribution >= 0.6 is 11.6 Å². The van der Waals surface area contributed by atoms with Crippen LogP contribution in [0.1, 0.15) is 36.0 Å². The number of nitrogens with one attached hydrogen (secondary N) is 1. The summed E-state index contributed by atoms with van der Waals surface area (Å²) in [6, 6.07) is 1.39. The molecular formula is C13H13ClF3NO. The van der Waals surface area contributed by atoms with Gasteiger partial charge in [0.25, 0.3) is 5.91 Å². The third-order valence-electron chi connectivity index (χ3n) is 3.28. The molecule has 2 unspecified atom stereocenters. The molecule has 0 aliphatic heterocycles. The average molecular weight is 292 g/mol. The van der Waals surface area contributed by atoms with Crippen molar-refractivity contribution in [2.75, 3.05) is 0 Å². The van der Waals surface area contributed by atoms with E-state index in [0.29, 0.717) is 6.42 Å². The Balaban J connectivity index is 2.14. The molecule has 1 amide bonds. The fourth-order valence-electron chi connectivity index (χ4n) is 2.20. The van der Waals surface area contributed by atoms with Gasteiger partial charge in [-0.3, -0.25) is 4.79 Å². The van der Waals surface area contributed by atoms with Crippen molar-refractivity contribution in [3.63, 3.8) is 0 Å². The van der Waals surface area contributed by atoms with Crippen LogP contribution in [0.25, 0.3) is 0 Å². The molecule has 19 heavy (non-hydrogen) atoms. The Labute approximate surface area is 113 Å². The molecule has 0 radical (unpaired) electrons. The summed E-state index contributed by atoms with van der Waals surface area (Å²) in [5.74, 6) is -5.20. The standard InChI is InChI=1S/C13H13ClF3NO/c14-8-3-1-2-4-10(8)18-13(19)7-5-6-9(15)12(17)11(7)16/h5-6,8,10H,1-4H2,(H,18,19). The first kappa shape index (κ1) is 14.2. The zero-order valence-electron chi connectivity index (χ0n) is 10.1. The molecule has 1 fully saturated rings. The molecule has 1 aromatic carbocycles. The second kappa shape index (κ2) is 5.82. The molecule has 1 aliphatic carbocycles. The van der Waals surface area contributed by atoms with Gasteiger partial charge in [-0.15, -0.1) is 11.6 Å². The minimum atomic E-state index is -1.64. The van der Waals surface area contributed by atoms with Gasteiger partial charge in [0.2, 0.25) is 0 Å². The number of alkyl halides is 1. The molecule has 0 aromatic heterocycles. The fraction of sp³-hybridized carbons (Fsp3) is 0.462. The van der Waals surface area contributed by atoms with Gasteiger partial charge >= 0.3 is 0 Å². The quantitative estimate of drug-likeness (QED) is 0.657. The summed E-state index contributed by atoms with van der Waals surface area (Å²) in [6.07, 6.45) is 3.38. The monoisotopic (exact) mass is 291 g/mol. The molecule has 0 bridgehead atoms. The molecule has 1 N–H and O–H groups in total. The summed E-state index contributed by atoms with van der Waals surface area (Å²) in [7, 11) is 0. The van der Waals surface area contributed by atoms with Crippen LogP contribution in [0.3, 0.4) is 0 Å². The van der Waals surface area contributed by atoms with Crippen LogP contribution < -0.4 is 5.32 Å². The van der Waals surface area contributed by atoms with Crippen molar-refractivity contribution < 1.29 is 18.0 Å². The van der Waals surface area contributed by atoms with Crippen molar-refractivity contribution in [2.24, 2.45) is 0 Å². The molecule has 0 heterocycles. The van der Waals surface area contributed by atoms with Gasteiger partial charge in [-0.05, 0) is 25.0 Å². The van der Waals surface area contributed by atoms with E-state index in [2.05, 4.69) is 5.32 Å². The van der Waals surface area contributed by atoms with E-state index in [1.54, 1.807) is 0 Å². The normalized spacial score (nSPS) is 23.2. The molecule has 0 saturated heterocycles. The number of benzene rings is 1. The zero-order valence-corrected chi connectivity index (χ0v) is 10.8. The molecule has 2 rings (SSSR count). The van der Waals surface area contributed by atoms with Gasteiger partial charge in [0.1, 0.15) is 0 Å². The first-order chi connectivity index (χ1) is 9.00. The molecule has 1 saturated carbocycles. The molecule has 1 aromatic rings. The Morgan fingerprint density at radius 2 is 1.84 bits per heavy atom.